The van der Waals surface area contributed by atoms with Gasteiger partial charge in [-0.1, -0.05) is 0 Å². The van der Waals surface area contributed by atoms with Crippen molar-refractivity contribution in [1.29, 1.82) is 0 Å². The van der Waals surface area contributed by atoms with Gasteiger partial charge >= 0.3 is 0 Å². The second-order valence-electron chi connectivity index (χ2n) is 1.22. The molecule has 1 N–H and O–H groups in total. The van der Waals surface area contributed by atoms with Crippen molar-refractivity contribution in [3.8, 4) is 0 Å². The van der Waals surface area contributed by atoms with Gasteiger partial charge in [-0.3, -0.25) is 4.72 Å². The van der Waals surface area contributed by atoms with E-state index in [9.17, 15) is 0 Å². The first-order valence-corrected chi connectivity index (χ1v) is 4.25. The molecule has 0 spiro atoms. The molecule has 0 saturated carbocycles. The van der Waals surface area contributed by atoms with E-state index in [4.69, 9.17) is 4.18 Å². The van der Waals surface area contributed by atoms with Crippen molar-refractivity contribution >= 4 is 22.1 Å². The third kappa shape index (κ3) is 2.43. The van der Waals surface area contributed by atoms with Crippen LogP contribution in [0.3, 0.4) is 0 Å². The van der Waals surface area contributed by atoms with Gasteiger partial charge in [-0.2, -0.15) is 0 Å². The Kier molecular flexibility index (Phi) is 2.96. The second-order valence-corrected chi connectivity index (χ2v) is 2.96. The Bertz CT molecular complexity index is 32.5. The standard InChI is InChI=1S/C3H7NOS2/c1-2-4-6-7-5-3-1/h4H,1-3H2. The van der Waals surface area contributed by atoms with Crippen LogP contribution in [0.1, 0.15) is 6.42 Å². The Labute approximate surface area is 51.1 Å². The third-order valence-corrected chi connectivity index (χ3v) is 2.15. The molecule has 7 heavy (non-hydrogen) atoms. The predicted octanol–water partition coefficient (Wildman–Crippen LogP) is 1.21. The maximum absolute atomic E-state index is 5.01. The van der Waals surface area contributed by atoms with E-state index >= 15 is 0 Å². The van der Waals surface area contributed by atoms with Gasteiger partial charge < -0.3 is 4.18 Å². The summed E-state index contributed by atoms with van der Waals surface area (Å²) < 4.78 is 8.11. The van der Waals surface area contributed by atoms with Crippen molar-refractivity contribution < 1.29 is 4.18 Å². The highest BCUT2D eigenvalue weighted by atomic mass is 33.1. The fourth-order valence-corrected chi connectivity index (χ4v) is 1.58. The van der Waals surface area contributed by atoms with Gasteiger partial charge in [-0.25, -0.2) is 0 Å². The zero-order chi connectivity index (χ0) is 4.95. The highest BCUT2D eigenvalue weighted by molar-refractivity contribution is 8.74. The van der Waals surface area contributed by atoms with Gasteiger partial charge in [0.05, 0.1) is 17.7 Å². The van der Waals surface area contributed by atoms with Crippen LogP contribution in [0.15, 0.2) is 0 Å². The molecular formula is C3H7NOS2. The van der Waals surface area contributed by atoms with Crippen LogP contribution >= 0.6 is 22.1 Å². The first-order valence-electron chi connectivity index (χ1n) is 2.18. The van der Waals surface area contributed by atoms with E-state index in [1.165, 1.54) is 11.1 Å². The molecule has 1 aliphatic heterocycles. The van der Waals surface area contributed by atoms with Gasteiger partial charge in [0.15, 0.2) is 0 Å². The molecule has 0 aliphatic carbocycles. The highest BCUT2D eigenvalue weighted by Gasteiger charge is 1.95. The van der Waals surface area contributed by atoms with Gasteiger partial charge in [0, 0.05) is 17.5 Å². The van der Waals surface area contributed by atoms with Gasteiger partial charge in [-0.05, 0) is 6.42 Å². The Hall–Kier alpha value is 0.620. The average Bonchev–Trinajstić information content (AvgIpc) is 1.90. The molecule has 1 aliphatic rings. The Morgan fingerprint density at radius 1 is 1.57 bits per heavy atom. The number of nitrogens with one attached hydrogen (secondary N) is 1. The Balaban J connectivity index is 2.04. The van der Waals surface area contributed by atoms with Crippen LogP contribution < -0.4 is 4.72 Å². The lowest BCUT2D eigenvalue weighted by Gasteiger charge is -1.88. The summed E-state index contributed by atoms with van der Waals surface area (Å²) in [6.45, 7) is 1.95. The summed E-state index contributed by atoms with van der Waals surface area (Å²) in [5.41, 5.74) is 0. The van der Waals surface area contributed by atoms with E-state index in [1.807, 2.05) is 0 Å². The van der Waals surface area contributed by atoms with Crippen molar-refractivity contribution in [3.05, 3.63) is 0 Å². The lowest BCUT2D eigenvalue weighted by Crippen LogP contribution is -2.01. The van der Waals surface area contributed by atoms with Gasteiger partial charge in [0.25, 0.3) is 0 Å². The van der Waals surface area contributed by atoms with E-state index in [-0.39, 0.29) is 0 Å². The number of rotatable bonds is 0. The van der Waals surface area contributed by atoms with E-state index in [2.05, 4.69) is 4.72 Å². The normalized spacial score (nSPS) is 24.0. The van der Waals surface area contributed by atoms with Gasteiger partial charge in [0.1, 0.15) is 0 Å². The van der Waals surface area contributed by atoms with E-state index in [0.717, 1.165) is 19.6 Å². The SMILES string of the molecule is C1CNSSOC1. The molecule has 0 radical (unpaired) electrons. The molecule has 0 bridgehead atoms. The van der Waals surface area contributed by atoms with Crippen LogP contribution in [0.4, 0.5) is 0 Å². The zero-order valence-corrected chi connectivity index (χ0v) is 5.48. The maximum Gasteiger partial charge on any atom is 0.0790 e. The van der Waals surface area contributed by atoms with Gasteiger partial charge in [-0.15, -0.1) is 0 Å². The average molecular weight is 137 g/mol. The fourth-order valence-electron chi connectivity index (χ4n) is 0.327. The summed E-state index contributed by atoms with van der Waals surface area (Å²) in [5, 5.41) is 0. The highest BCUT2D eigenvalue weighted by Crippen LogP contribution is 2.20. The van der Waals surface area contributed by atoms with Crippen molar-refractivity contribution in [1.82, 2.24) is 4.72 Å². The molecule has 0 unspecified atom stereocenters. The molecule has 1 saturated heterocycles. The quantitative estimate of drug-likeness (QED) is 0.307. The summed E-state index contributed by atoms with van der Waals surface area (Å²) in [5.74, 6) is 0. The molecule has 0 aromatic heterocycles. The first-order chi connectivity index (χ1) is 3.50. The molecule has 2 nitrogen and oxygen atoms in total. The molecule has 0 aromatic rings. The second kappa shape index (κ2) is 3.60. The van der Waals surface area contributed by atoms with Crippen LogP contribution in [0, 0.1) is 0 Å². The van der Waals surface area contributed by atoms with E-state index < -0.39 is 0 Å². The summed E-state index contributed by atoms with van der Waals surface area (Å²) in [4.78, 5) is 0. The summed E-state index contributed by atoms with van der Waals surface area (Å²) in [6, 6.07) is 0. The Morgan fingerprint density at radius 2 is 2.57 bits per heavy atom. The molecule has 4 heteroatoms. The largest absolute Gasteiger partial charge is 0.304 e. The van der Waals surface area contributed by atoms with E-state index in [1.54, 1.807) is 11.0 Å². The minimum Gasteiger partial charge on any atom is -0.304 e. The molecule has 1 fully saturated rings. The number of hydrogen-bond acceptors (Lipinski definition) is 4. The van der Waals surface area contributed by atoms with Crippen LogP contribution in [0.25, 0.3) is 0 Å². The van der Waals surface area contributed by atoms with Crippen LogP contribution in [-0.4, -0.2) is 13.2 Å². The molecule has 0 atom stereocenters. The van der Waals surface area contributed by atoms with Crippen molar-refractivity contribution in [2.24, 2.45) is 0 Å². The lowest BCUT2D eigenvalue weighted by atomic mass is 10.5. The first kappa shape index (κ1) is 5.75. The molecule has 1 heterocycles. The Morgan fingerprint density at radius 3 is 3.57 bits per heavy atom. The maximum atomic E-state index is 5.01. The summed E-state index contributed by atoms with van der Waals surface area (Å²) in [7, 11) is 1.56. The summed E-state index contributed by atoms with van der Waals surface area (Å²) >= 11 is 1.42. The van der Waals surface area contributed by atoms with Crippen LogP contribution in [-0.2, 0) is 4.18 Å². The van der Waals surface area contributed by atoms with Crippen molar-refractivity contribution in [3.63, 3.8) is 0 Å². The molecule has 0 aromatic carbocycles. The minimum absolute atomic E-state index is 0.880. The fraction of sp³-hybridized carbons (Fsp3) is 1.00. The number of hydrogen-bond donors (Lipinski definition) is 1. The molecular weight excluding hydrogens is 130 g/mol. The van der Waals surface area contributed by atoms with Gasteiger partial charge in [0.2, 0.25) is 0 Å². The molecule has 0 amide bonds. The summed E-state index contributed by atoms with van der Waals surface area (Å²) in [6.07, 6.45) is 1.12. The molecule has 42 valence electrons. The van der Waals surface area contributed by atoms with Crippen molar-refractivity contribution in [2.75, 3.05) is 13.2 Å². The minimum atomic E-state index is 0.880. The van der Waals surface area contributed by atoms with E-state index in [0.29, 0.717) is 0 Å². The molecule has 1 rings (SSSR count). The van der Waals surface area contributed by atoms with Crippen molar-refractivity contribution in [2.45, 2.75) is 6.42 Å². The lowest BCUT2D eigenvalue weighted by molar-refractivity contribution is 0.374. The third-order valence-electron chi connectivity index (χ3n) is 0.648. The van der Waals surface area contributed by atoms with Crippen LogP contribution in [0.5, 0.6) is 0 Å². The monoisotopic (exact) mass is 137 g/mol. The smallest absolute Gasteiger partial charge is 0.0790 e. The van der Waals surface area contributed by atoms with Crippen LogP contribution in [0.2, 0.25) is 0 Å². The topological polar surface area (TPSA) is 21.3 Å². The zero-order valence-electron chi connectivity index (χ0n) is 3.85. The predicted molar refractivity (Wildman–Crippen MR) is 33.8 cm³/mol.